The fraction of sp³-hybridized carbons (Fsp3) is 0.500. The van der Waals surface area contributed by atoms with Gasteiger partial charge in [0.05, 0.1) is 31.0 Å². The molecule has 1 fully saturated rings. The lowest BCUT2D eigenvalue weighted by molar-refractivity contribution is 0.144. The standard InChI is InChI=1S/C20H24F2N4O/c1-13-11-26-19(12-25(13)20(27)24-15-5-3-2-4-6-15)17(10-23-26)16-8-7-14(21)9-18(16)22/h7-10,13,15H,2-6,11-12H2,1H3,(H,24,27). The molecule has 1 aromatic carbocycles. The Kier molecular flexibility index (Phi) is 4.85. The topological polar surface area (TPSA) is 50.2 Å². The number of hydrogen-bond donors (Lipinski definition) is 1. The summed E-state index contributed by atoms with van der Waals surface area (Å²) in [6.45, 7) is 2.89. The maximum atomic E-state index is 14.3. The Bertz CT molecular complexity index is 845. The van der Waals surface area contributed by atoms with Crippen molar-refractivity contribution in [3.8, 4) is 11.1 Å². The van der Waals surface area contributed by atoms with Crippen LogP contribution in [0, 0.1) is 11.6 Å². The van der Waals surface area contributed by atoms with Gasteiger partial charge in [-0.1, -0.05) is 19.3 Å². The molecule has 2 heterocycles. The minimum absolute atomic E-state index is 0.00750. The monoisotopic (exact) mass is 374 g/mol. The normalized spacial score (nSPS) is 20.4. The number of urea groups is 1. The third-order valence-electron chi connectivity index (χ3n) is 5.65. The van der Waals surface area contributed by atoms with E-state index < -0.39 is 11.6 Å². The summed E-state index contributed by atoms with van der Waals surface area (Å²) in [7, 11) is 0. The number of nitrogens with one attached hydrogen (secondary N) is 1. The molecule has 0 spiro atoms. The van der Waals surface area contributed by atoms with E-state index in [-0.39, 0.29) is 18.1 Å². The van der Waals surface area contributed by atoms with Gasteiger partial charge in [0.1, 0.15) is 11.6 Å². The van der Waals surface area contributed by atoms with Gasteiger partial charge in [-0.05, 0) is 31.9 Å². The van der Waals surface area contributed by atoms with Gasteiger partial charge in [0.2, 0.25) is 0 Å². The van der Waals surface area contributed by atoms with Crippen LogP contribution in [0.4, 0.5) is 13.6 Å². The van der Waals surface area contributed by atoms with Crippen LogP contribution in [-0.4, -0.2) is 32.8 Å². The van der Waals surface area contributed by atoms with Gasteiger partial charge in [-0.2, -0.15) is 5.10 Å². The van der Waals surface area contributed by atoms with Gasteiger partial charge in [0.25, 0.3) is 0 Å². The van der Waals surface area contributed by atoms with Crippen LogP contribution in [0.3, 0.4) is 0 Å². The summed E-state index contributed by atoms with van der Waals surface area (Å²) in [5.74, 6) is -1.23. The molecule has 1 aliphatic heterocycles. The van der Waals surface area contributed by atoms with E-state index in [0.717, 1.165) is 37.4 Å². The van der Waals surface area contributed by atoms with Crippen molar-refractivity contribution in [2.24, 2.45) is 0 Å². The highest BCUT2D eigenvalue weighted by Gasteiger charge is 2.31. The first-order valence-corrected chi connectivity index (χ1v) is 9.60. The number of amides is 2. The van der Waals surface area contributed by atoms with Gasteiger partial charge in [0, 0.05) is 23.2 Å². The van der Waals surface area contributed by atoms with Crippen molar-refractivity contribution in [2.45, 2.75) is 64.2 Å². The number of hydrogen-bond acceptors (Lipinski definition) is 2. The smallest absolute Gasteiger partial charge is 0.318 e. The van der Waals surface area contributed by atoms with Gasteiger partial charge in [0.15, 0.2) is 0 Å². The van der Waals surface area contributed by atoms with E-state index in [2.05, 4.69) is 10.4 Å². The molecule has 2 amide bonds. The van der Waals surface area contributed by atoms with Crippen LogP contribution < -0.4 is 5.32 Å². The van der Waals surface area contributed by atoms with Crippen molar-refractivity contribution >= 4 is 6.03 Å². The fourth-order valence-electron chi connectivity index (χ4n) is 4.11. The molecule has 1 unspecified atom stereocenters. The van der Waals surface area contributed by atoms with Gasteiger partial charge in [-0.3, -0.25) is 4.68 Å². The second-order valence-corrected chi connectivity index (χ2v) is 7.57. The van der Waals surface area contributed by atoms with Crippen molar-refractivity contribution in [1.29, 1.82) is 0 Å². The van der Waals surface area contributed by atoms with E-state index in [0.29, 0.717) is 24.2 Å². The molecule has 0 saturated heterocycles. The SMILES string of the molecule is CC1Cn2ncc(-c3ccc(F)cc3F)c2CN1C(=O)NC1CCCCC1. The Labute approximate surface area is 157 Å². The van der Waals surface area contributed by atoms with Gasteiger partial charge in [-0.25, -0.2) is 13.6 Å². The number of fused-ring (bicyclic) bond motifs is 1. The zero-order chi connectivity index (χ0) is 19.0. The average molecular weight is 374 g/mol. The summed E-state index contributed by atoms with van der Waals surface area (Å²) in [6.07, 6.45) is 7.19. The zero-order valence-electron chi connectivity index (χ0n) is 15.4. The van der Waals surface area contributed by atoms with E-state index in [4.69, 9.17) is 0 Å². The molecule has 7 heteroatoms. The summed E-state index contributed by atoms with van der Waals surface area (Å²) >= 11 is 0. The first-order valence-electron chi connectivity index (χ1n) is 9.60. The molecule has 144 valence electrons. The first kappa shape index (κ1) is 17.9. The molecular weight excluding hydrogens is 350 g/mol. The highest BCUT2D eigenvalue weighted by molar-refractivity contribution is 5.76. The summed E-state index contributed by atoms with van der Waals surface area (Å²) in [4.78, 5) is 14.6. The van der Waals surface area contributed by atoms with E-state index >= 15 is 0 Å². The van der Waals surface area contributed by atoms with Crippen LogP contribution in [0.25, 0.3) is 11.1 Å². The van der Waals surface area contributed by atoms with Gasteiger partial charge < -0.3 is 10.2 Å². The quantitative estimate of drug-likeness (QED) is 0.861. The average Bonchev–Trinajstić information content (AvgIpc) is 3.04. The van der Waals surface area contributed by atoms with Crippen LogP contribution in [0.15, 0.2) is 24.4 Å². The van der Waals surface area contributed by atoms with E-state index in [1.807, 2.05) is 11.6 Å². The number of carbonyl (C=O) groups excluding carboxylic acids is 1. The van der Waals surface area contributed by atoms with E-state index in [1.165, 1.54) is 18.6 Å². The zero-order valence-corrected chi connectivity index (χ0v) is 15.4. The molecule has 2 aromatic rings. The maximum absolute atomic E-state index is 14.3. The van der Waals surface area contributed by atoms with Crippen molar-refractivity contribution < 1.29 is 13.6 Å². The lowest BCUT2D eigenvalue weighted by Gasteiger charge is -2.36. The predicted octanol–water partition coefficient (Wildman–Crippen LogP) is 4.07. The second-order valence-electron chi connectivity index (χ2n) is 7.57. The molecule has 27 heavy (non-hydrogen) atoms. The lowest BCUT2D eigenvalue weighted by Crippen LogP contribution is -2.52. The molecule has 1 aromatic heterocycles. The van der Waals surface area contributed by atoms with Crippen molar-refractivity contribution in [2.75, 3.05) is 0 Å². The molecule has 5 nitrogen and oxygen atoms in total. The Balaban J connectivity index is 1.57. The minimum atomic E-state index is -0.623. The highest BCUT2D eigenvalue weighted by Crippen LogP contribution is 2.31. The highest BCUT2D eigenvalue weighted by atomic mass is 19.1. The molecule has 0 bridgehead atoms. The summed E-state index contributed by atoms with van der Waals surface area (Å²) in [5.41, 5.74) is 1.69. The molecule has 1 saturated carbocycles. The number of aromatic nitrogens is 2. The molecule has 2 aliphatic rings. The molecule has 1 atom stereocenters. The van der Waals surface area contributed by atoms with Gasteiger partial charge in [-0.15, -0.1) is 0 Å². The Hall–Kier alpha value is -2.44. The number of carbonyl (C=O) groups is 1. The predicted molar refractivity (Wildman–Crippen MR) is 98.0 cm³/mol. The maximum Gasteiger partial charge on any atom is 0.318 e. The summed E-state index contributed by atoms with van der Waals surface area (Å²) in [5, 5.41) is 7.51. The first-order chi connectivity index (χ1) is 13.0. The molecule has 1 N–H and O–H groups in total. The van der Waals surface area contributed by atoms with Gasteiger partial charge >= 0.3 is 6.03 Å². The van der Waals surface area contributed by atoms with Crippen molar-refractivity contribution in [3.63, 3.8) is 0 Å². The largest absolute Gasteiger partial charge is 0.335 e. The van der Waals surface area contributed by atoms with Crippen LogP contribution >= 0.6 is 0 Å². The van der Waals surface area contributed by atoms with Crippen LogP contribution in [-0.2, 0) is 13.1 Å². The minimum Gasteiger partial charge on any atom is -0.335 e. The fourth-order valence-corrected chi connectivity index (χ4v) is 4.11. The number of rotatable bonds is 2. The summed E-state index contributed by atoms with van der Waals surface area (Å²) in [6, 6.07) is 3.69. The Morgan fingerprint density at radius 3 is 2.70 bits per heavy atom. The lowest BCUT2D eigenvalue weighted by atomic mass is 9.95. The van der Waals surface area contributed by atoms with E-state index in [1.54, 1.807) is 11.1 Å². The Morgan fingerprint density at radius 1 is 1.19 bits per heavy atom. The summed E-state index contributed by atoms with van der Waals surface area (Å²) < 4.78 is 29.3. The van der Waals surface area contributed by atoms with Crippen LogP contribution in [0.2, 0.25) is 0 Å². The number of benzene rings is 1. The van der Waals surface area contributed by atoms with E-state index in [9.17, 15) is 13.6 Å². The molecule has 0 radical (unpaired) electrons. The molecular formula is C20H24F2N4O. The van der Waals surface area contributed by atoms with Crippen LogP contribution in [0.5, 0.6) is 0 Å². The Morgan fingerprint density at radius 2 is 1.96 bits per heavy atom. The third kappa shape index (κ3) is 3.55. The third-order valence-corrected chi connectivity index (χ3v) is 5.65. The van der Waals surface area contributed by atoms with Crippen LogP contribution in [0.1, 0.15) is 44.7 Å². The second kappa shape index (κ2) is 7.29. The van der Waals surface area contributed by atoms with Crippen molar-refractivity contribution in [3.05, 3.63) is 41.7 Å². The molecule has 1 aliphatic carbocycles. The molecule has 4 rings (SSSR count). The van der Waals surface area contributed by atoms with Crippen molar-refractivity contribution in [1.82, 2.24) is 20.0 Å². The number of halogens is 2. The number of nitrogens with zero attached hydrogens (tertiary/aromatic N) is 3.